The van der Waals surface area contributed by atoms with E-state index in [9.17, 15) is 18.0 Å². The minimum atomic E-state index is -3.10. The summed E-state index contributed by atoms with van der Waals surface area (Å²) in [6.45, 7) is 6.74. The van der Waals surface area contributed by atoms with E-state index < -0.39 is 39.3 Å². The highest BCUT2D eigenvalue weighted by Gasteiger charge is 2.34. The predicted octanol–water partition coefficient (Wildman–Crippen LogP) is 0.268. The molecule has 1 aliphatic heterocycles. The zero-order valence-electron chi connectivity index (χ0n) is 11.7. The fourth-order valence-corrected chi connectivity index (χ4v) is 3.52. The Morgan fingerprint density at radius 2 is 1.89 bits per heavy atom. The largest absolute Gasteiger partial charge is 0.458 e. The number of nitrogens with one attached hydrogen (secondary N) is 1. The molecule has 0 aromatic carbocycles. The first-order chi connectivity index (χ1) is 8.50. The highest BCUT2D eigenvalue weighted by atomic mass is 32.2. The first-order valence-electron chi connectivity index (χ1n) is 6.24. The third-order valence-electron chi connectivity index (χ3n) is 2.72. The number of ether oxygens (including phenoxy) is 1. The number of hydrogen-bond donors (Lipinski definition) is 1. The highest BCUT2D eigenvalue weighted by Crippen LogP contribution is 2.18. The molecule has 1 saturated heterocycles. The smallest absolute Gasteiger partial charge is 0.328 e. The molecule has 19 heavy (non-hydrogen) atoms. The Morgan fingerprint density at radius 1 is 1.32 bits per heavy atom. The lowest BCUT2D eigenvalue weighted by Gasteiger charge is -2.23. The van der Waals surface area contributed by atoms with E-state index in [-0.39, 0.29) is 11.5 Å². The minimum Gasteiger partial charge on any atom is -0.458 e. The maximum atomic E-state index is 11.8. The molecular weight excluding hydrogens is 270 g/mol. The van der Waals surface area contributed by atoms with Gasteiger partial charge in [-0.2, -0.15) is 0 Å². The summed E-state index contributed by atoms with van der Waals surface area (Å²) in [6.07, 6.45) is 0.315. The summed E-state index contributed by atoms with van der Waals surface area (Å²) in [4.78, 5) is 23.5. The quantitative estimate of drug-likeness (QED) is 0.754. The molecule has 1 amide bonds. The van der Waals surface area contributed by atoms with Crippen LogP contribution < -0.4 is 5.32 Å². The maximum absolute atomic E-state index is 11.8. The number of sulfone groups is 1. The van der Waals surface area contributed by atoms with Gasteiger partial charge in [-0.25, -0.2) is 13.2 Å². The summed E-state index contributed by atoms with van der Waals surface area (Å²) in [5, 5.41) is 2.50. The van der Waals surface area contributed by atoms with Gasteiger partial charge in [0.1, 0.15) is 11.6 Å². The fraction of sp³-hybridized carbons (Fsp3) is 0.833. The van der Waals surface area contributed by atoms with Crippen molar-refractivity contribution >= 4 is 21.7 Å². The van der Waals surface area contributed by atoms with Crippen molar-refractivity contribution < 1.29 is 22.7 Å². The van der Waals surface area contributed by atoms with Crippen LogP contribution in [0.2, 0.25) is 0 Å². The molecule has 0 aromatic rings. The van der Waals surface area contributed by atoms with Gasteiger partial charge in [0.25, 0.3) is 0 Å². The van der Waals surface area contributed by atoms with Gasteiger partial charge in [0.05, 0.1) is 17.4 Å². The minimum absolute atomic E-state index is 0.0336. The molecule has 1 N–H and O–H groups in total. The van der Waals surface area contributed by atoms with Crippen molar-refractivity contribution in [1.29, 1.82) is 0 Å². The first-order valence-corrected chi connectivity index (χ1v) is 8.06. The second-order valence-corrected chi connectivity index (χ2v) is 8.09. The van der Waals surface area contributed by atoms with Gasteiger partial charge in [-0.1, -0.05) is 0 Å². The summed E-state index contributed by atoms with van der Waals surface area (Å²) < 4.78 is 27.7. The van der Waals surface area contributed by atoms with Crippen LogP contribution in [0.25, 0.3) is 0 Å². The van der Waals surface area contributed by atoms with E-state index in [0.29, 0.717) is 6.42 Å². The fourth-order valence-electron chi connectivity index (χ4n) is 1.78. The highest BCUT2D eigenvalue weighted by molar-refractivity contribution is 7.91. The standard InChI is InChI=1S/C12H21NO5S/c1-8(11(15)18-12(2,3)4)13-10(14)9-5-6-19(16,17)7-9/h8-9H,5-7H2,1-4H3,(H,13,14)/t8-,9?/m0/s1. The monoisotopic (exact) mass is 291 g/mol. The van der Waals surface area contributed by atoms with Crippen LogP contribution in [-0.4, -0.2) is 43.4 Å². The average Bonchev–Trinajstić information content (AvgIpc) is 2.56. The predicted molar refractivity (Wildman–Crippen MR) is 70.2 cm³/mol. The van der Waals surface area contributed by atoms with Gasteiger partial charge < -0.3 is 10.1 Å². The molecule has 1 fully saturated rings. The lowest BCUT2D eigenvalue weighted by Crippen LogP contribution is -2.44. The lowest BCUT2D eigenvalue weighted by molar-refractivity contribution is -0.158. The summed E-state index contributed by atoms with van der Waals surface area (Å²) in [6, 6.07) is -0.782. The van der Waals surface area contributed by atoms with Crippen LogP contribution in [0.15, 0.2) is 0 Å². The van der Waals surface area contributed by atoms with Gasteiger partial charge in [-0.15, -0.1) is 0 Å². The van der Waals surface area contributed by atoms with Crippen LogP contribution in [0, 0.1) is 5.92 Å². The Morgan fingerprint density at radius 3 is 2.32 bits per heavy atom. The van der Waals surface area contributed by atoms with E-state index >= 15 is 0 Å². The number of rotatable bonds is 3. The van der Waals surface area contributed by atoms with Crippen LogP contribution in [0.1, 0.15) is 34.1 Å². The molecule has 0 aromatic heterocycles. The molecule has 2 atom stereocenters. The Kier molecular flexibility index (Phi) is 4.60. The van der Waals surface area contributed by atoms with Gasteiger partial charge in [-0.3, -0.25) is 4.79 Å². The summed E-state index contributed by atoms with van der Waals surface area (Å²) in [5.74, 6) is -1.60. The molecule has 0 spiro atoms. The van der Waals surface area contributed by atoms with Crippen LogP contribution >= 0.6 is 0 Å². The molecule has 6 nitrogen and oxygen atoms in total. The van der Waals surface area contributed by atoms with E-state index in [4.69, 9.17) is 4.74 Å². The molecule has 0 saturated carbocycles. The van der Waals surface area contributed by atoms with E-state index in [2.05, 4.69) is 5.32 Å². The number of esters is 1. The second-order valence-electron chi connectivity index (χ2n) is 5.86. The molecule has 7 heteroatoms. The molecule has 1 unspecified atom stereocenters. The van der Waals surface area contributed by atoms with Gasteiger partial charge in [0.2, 0.25) is 5.91 Å². The van der Waals surface area contributed by atoms with Crippen molar-refractivity contribution in [3.8, 4) is 0 Å². The van der Waals surface area contributed by atoms with Gasteiger partial charge in [0, 0.05) is 0 Å². The third kappa shape index (κ3) is 5.18. The van der Waals surface area contributed by atoms with Crippen molar-refractivity contribution in [2.75, 3.05) is 11.5 Å². The Balaban J connectivity index is 2.51. The van der Waals surface area contributed by atoms with Crippen molar-refractivity contribution in [2.24, 2.45) is 5.92 Å². The average molecular weight is 291 g/mol. The van der Waals surface area contributed by atoms with E-state index in [0.717, 1.165) is 0 Å². The van der Waals surface area contributed by atoms with Crippen LogP contribution in [0.5, 0.6) is 0 Å². The first kappa shape index (κ1) is 15.9. The summed E-state index contributed by atoms with van der Waals surface area (Å²) in [5.41, 5.74) is -0.618. The molecule has 110 valence electrons. The topological polar surface area (TPSA) is 89.5 Å². The van der Waals surface area contributed by atoms with Crippen LogP contribution in [-0.2, 0) is 24.2 Å². The number of hydrogen-bond acceptors (Lipinski definition) is 5. The van der Waals surface area contributed by atoms with Gasteiger partial charge in [0.15, 0.2) is 9.84 Å². The summed E-state index contributed by atoms with van der Waals surface area (Å²) >= 11 is 0. The molecule has 0 bridgehead atoms. The van der Waals surface area contributed by atoms with E-state index in [1.165, 1.54) is 6.92 Å². The molecule has 1 rings (SSSR count). The molecular formula is C12H21NO5S. The van der Waals surface area contributed by atoms with Crippen molar-refractivity contribution in [3.63, 3.8) is 0 Å². The van der Waals surface area contributed by atoms with Gasteiger partial charge in [-0.05, 0) is 34.1 Å². The second kappa shape index (κ2) is 5.48. The summed E-state index contributed by atoms with van der Waals surface area (Å²) in [7, 11) is -3.10. The zero-order chi connectivity index (χ0) is 14.8. The van der Waals surface area contributed by atoms with Crippen LogP contribution in [0.4, 0.5) is 0 Å². The van der Waals surface area contributed by atoms with Crippen molar-refractivity contribution in [2.45, 2.75) is 45.8 Å². The van der Waals surface area contributed by atoms with Crippen molar-refractivity contribution in [3.05, 3.63) is 0 Å². The van der Waals surface area contributed by atoms with Crippen LogP contribution in [0.3, 0.4) is 0 Å². The Labute approximate surface area is 113 Å². The lowest BCUT2D eigenvalue weighted by atomic mass is 10.1. The SMILES string of the molecule is C[C@H](NC(=O)C1CCS(=O)(=O)C1)C(=O)OC(C)(C)C. The molecule has 1 aliphatic rings. The van der Waals surface area contributed by atoms with E-state index in [1.54, 1.807) is 20.8 Å². The third-order valence-corrected chi connectivity index (χ3v) is 4.49. The van der Waals surface area contributed by atoms with Gasteiger partial charge >= 0.3 is 5.97 Å². The molecule has 1 heterocycles. The maximum Gasteiger partial charge on any atom is 0.328 e. The Hall–Kier alpha value is -1.11. The molecule has 0 radical (unpaired) electrons. The number of carbonyl (C=O) groups is 2. The zero-order valence-corrected chi connectivity index (χ0v) is 12.5. The van der Waals surface area contributed by atoms with Crippen molar-refractivity contribution in [1.82, 2.24) is 5.32 Å². The number of carbonyl (C=O) groups excluding carboxylic acids is 2. The molecule has 0 aliphatic carbocycles. The Bertz CT molecular complexity index is 463. The normalized spacial score (nSPS) is 23.7. The number of amides is 1. The van der Waals surface area contributed by atoms with E-state index in [1.807, 2.05) is 0 Å².